The molecule has 1 amide bonds. The summed E-state index contributed by atoms with van der Waals surface area (Å²) in [7, 11) is 0. The van der Waals surface area contributed by atoms with Crippen molar-refractivity contribution in [3.05, 3.63) is 51.7 Å². The van der Waals surface area contributed by atoms with E-state index in [-0.39, 0.29) is 5.91 Å². The quantitative estimate of drug-likeness (QED) is 0.879. The number of anilines is 1. The fraction of sp³-hybridized carbons (Fsp3) is 0.267. The molecule has 0 spiro atoms. The lowest BCUT2D eigenvalue weighted by Gasteiger charge is -2.20. The fourth-order valence-electron chi connectivity index (χ4n) is 1.85. The zero-order chi connectivity index (χ0) is 14.4. The highest BCUT2D eigenvalue weighted by atomic mass is 35.5. The Kier molecular flexibility index (Phi) is 5.44. The lowest BCUT2D eigenvalue weighted by molar-refractivity contribution is -0.129. The third-order valence-corrected chi connectivity index (χ3v) is 4.14. The number of benzene rings is 1. The zero-order valence-electron chi connectivity index (χ0n) is 11.3. The summed E-state index contributed by atoms with van der Waals surface area (Å²) in [5.41, 5.74) is 0.955. The number of nitrogens with one attached hydrogen (secondary N) is 1. The predicted molar refractivity (Wildman–Crippen MR) is 85.4 cm³/mol. The Morgan fingerprint density at radius 2 is 2.00 bits per heavy atom. The molecule has 20 heavy (non-hydrogen) atoms. The lowest BCUT2D eigenvalue weighted by Crippen LogP contribution is -2.34. The van der Waals surface area contributed by atoms with E-state index in [1.54, 1.807) is 0 Å². The van der Waals surface area contributed by atoms with Gasteiger partial charge in [-0.3, -0.25) is 4.79 Å². The summed E-state index contributed by atoms with van der Waals surface area (Å²) in [6.45, 7) is 3.58. The summed E-state index contributed by atoms with van der Waals surface area (Å²) in [6.07, 6.45) is 0. The maximum atomic E-state index is 12.2. The smallest absolute Gasteiger partial charge is 0.242 e. The minimum absolute atomic E-state index is 0.0841. The van der Waals surface area contributed by atoms with E-state index in [0.717, 1.165) is 14.9 Å². The highest BCUT2D eigenvalue weighted by molar-refractivity contribution is 7.16. The van der Waals surface area contributed by atoms with Gasteiger partial charge in [0.05, 0.1) is 17.4 Å². The first kappa shape index (κ1) is 14.9. The number of carbonyl (C=O) groups is 1. The van der Waals surface area contributed by atoms with Crippen molar-refractivity contribution in [2.24, 2.45) is 0 Å². The number of thiophene rings is 1. The molecule has 0 saturated carbocycles. The highest BCUT2D eigenvalue weighted by Crippen LogP contribution is 2.22. The van der Waals surface area contributed by atoms with Crippen molar-refractivity contribution in [1.29, 1.82) is 0 Å². The van der Waals surface area contributed by atoms with Crippen LogP contribution in [-0.4, -0.2) is 23.9 Å². The molecule has 0 radical (unpaired) electrons. The van der Waals surface area contributed by atoms with Crippen LogP contribution < -0.4 is 5.32 Å². The average molecular weight is 309 g/mol. The Morgan fingerprint density at radius 1 is 1.25 bits per heavy atom. The monoisotopic (exact) mass is 308 g/mol. The van der Waals surface area contributed by atoms with Crippen molar-refractivity contribution < 1.29 is 4.79 Å². The Balaban J connectivity index is 1.89. The van der Waals surface area contributed by atoms with Crippen molar-refractivity contribution in [3.8, 4) is 0 Å². The van der Waals surface area contributed by atoms with E-state index >= 15 is 0 Å². The van der Waals surface area contributed by atoms with Crippen LogP contribution in [0.1, 0.15) is 11.8 Å². The lowest BCUT2D eigenvalue weighted by atomic mass is 10.3. The van der Waals surface area contributed by atoms with Crippen LogP contribution in [0.4, 0.5) is 5.69 Å². The Morgan fingerprint density at radius 3 is 2.60 bits per heavy atom. The van der Waals surface area contributed by atoms with Crippen molar-refractivity contribution in [2.75, 3.05) is 18.4 Å². The standard InChI is InChI=1S/C15H17ClN2OS/c1-2-18(11-13-8-9-14(16)20-13)15(19)10-17-12-6-4-3-5-7-12/h3-9,17H,2,10-11H2,1H3. The largest absolute Gasteiger partial charge is 0.376 e. The first-order chi connectivity index (χ1) is 9.69. The SMILES string of the molecule is CCN(Cc1ccc(Cl)s1)C(=O)CNc1ccccc1. The van der Waals surface area contributed by atoms with Crippen LogP contribution in [0.2, 0.25) is 4.34 Å². The number of para-hydroxylation sites is 1. The van der Waals surface area contributed by atoms with Crippen LogP contribution in [0.5, 0.6) is 0 Å². The Labute approximate surface area is 128 Å². The van der Waals surface area contributed by atoms with E-state index in [9.17, 15) is 4.79 Å². The van der Waals surface area contributed by atoms with Crippen molar-refractivity contribution >= 4 is 34.5 Å². The molecule has 0 bridgehead atoms. The number of carbonyl (C=O) groups excluding carboxylic acids is 1. The molecule has 1 heterocycles. The molecule has 0 atom stereocenters. The van der Waals surface area contributed by atoms with Gasteiger partial charge in [-0.05, 0) is 31.2 Å². The molecule has 0 aliphatic carbocycles. The second-order valence-corrected chi connectivity index (χ2v) is 6.13. The van der Waals surface area contributed by atoms with E-state index in [4.69, 9.17) is 11.6 Å². The van der Waals surface area contributed by atoms with Gasteiger partial charge in [0, 0.05) is 17.1 Å². The van der Waals surface area contributed by atoms with Gasteiger partial charge in [0.15, 0.2) is 0 Å². The molecule has 0 aliphatic rings. The minimum atomic E-state index is 0.0841. The molecule has 1 aromatic heterocycles. The summed E-state index contributed by atoms with van der Waals surface area (Å²) in [5.74, 6) is 0.0841. The molecular weight excluding hydrogens is 292 g/mol. The topological polar surface area (TPSA) is 32.3 Å². The highest BCUT2D eigenvalue weighted by Gasteiger charge is 2.12. The molecular formula is C15H17ClN2OS. The van der Waals surface area contributed by atoms with Crippen LogP contribution in [0.15, 0.2) is 42.5 Å². The van der Waals surface area contributed by atoms with E-state index in [0.29, 0.717) is 19.6 Å². The fourth-order valence-corrected chi connectivity index (χ4v) is 2.95. The van der Waals surface area contributed by atoms with Crippen LogP contribution in [-0.2, 0) is 11.3 Å². The molecule has 5 heteroatoms. The molecule has 0 saturated heterocycles. The summed E-state index contributed by atoms with van der Waals surface area (Å²) in [4.78, 5) is 15.1. The average Bonchev–Trinajstić information content (AvgIpc) is 2.88. The normalized spacial score (nSPS) is 10.3. The molecule has 2 aromatic rings. The Hall–Kier alpha value is -1.52. The van der Waals surface area contributed by atoms with E-state index in [1.165, 1.54) is 11.3 Å². The zero-order valence-corrected chi connectivity index (χ0v) is 12.9. The molecule has 0 aliphatic heterocycles. The van der Waals surface area contributed by atoms with Crippen LogP contribution in [0.3, 0.4) is 0 Å². The molecule has 0 unspecified atom stereocenters. The van der Waals surface area contributed by atoms with Gasteiger partial charge in [-0.1, -0.05) is 29.8 Å². The number of halogens is 1. The van der Waals surface area contributed by atoms with Crippen molar-refractivity contribution in [2.45, 2.75) is 13.5 Å². The summed E-state index contributed by atoms with van der Waals surface area (Å²) in [6, 6.07) is 13.6. The van der Waals surface area contributed by atoms with Gasteiger partial charge in [0.25, 0.3) is 0 Å². The maximum absolute atomic E-state index is 12.2. The number of amides is 1. The minimum Gasteiger partial charge on any atom is -0.376 e. The third-order valence-electron chi connectivity index (χ3n) is 2.93. The summed E-state index contributed by atoms with van der Waals surface area (Å²) in [5, 5.41) is 3.14. The van der Waals surface area contributed by atoms with Crippen LogP contribution >= 0.6 is 22.9 Å². The van der Waals surface area contributed by atoms with E-state index in [2.05, 4.69) is 5.32 Å². The summed E-state index contributed by atoms with van der Waals surface area (Å²) >= 11 is 7.42. The first-order valence-corrected chi connectivity index (χ1v) is 7.69. The second-order valence-electron chi connectivity index (χ2n) is 4.33. The van der Waals surface area contributed by atoms with Crippen molar-refractivity contribution in [3.63, 3.8) is 0 Å². The number of hydrogen-bond acceptors (Lipinski definition) is 3. The number of hydrogen-bond donors (Lipinski definition) is 1. The van der Waals surface area contributed by atoms with Gasteiger partial charge in [0.1, 0.15) is 0 Å². The first-order valence-electron chi connectivity index (χ1n) is 6.50. The molecule has 2 rings (SSSR count). The van der Waals surface area contributed by atoms with Crippen LogP contribution in [0, 0.1) is 0 Å². The van der Waals surface area contributed by atoms with Gasteiger partial charge < -0.3 is 10.2 Å². The second kappa shape index (κ2) is 7.31. The van der Waals surface area contributed by atoms with Gasteiger partial charge in [-0.2, -0.15) is 0 Å². The Bertz CT molecular complexity index is 556. The van der Waals surface area contributed by atoms with E-state index in [1.807, 2.05) is 54.3 Å². The van der Waals surface area contributed by atoms with Gasteiger partial charge in [0.2, 0.25) is 5.91 Å². The molecule has 1 N–H and O–H groups in total. The molecule has 1 aromatic carbocycles. The number of rotatable bonds is 6. The molecule has 106 valence electrons. The molecule has 3 nitrogen and oxygen atoms in total. The van der Waals surface area contributed by atoms with Crippen molar-refractivity contribution in [1.82, 2.24) is 4.90 Å². The summed E-state index contributed by atoms with van der Waals surface area (Å²) < 4.78 is 0.755. The maximum Gasteiger partial charge on any atom is 0.242 e. The number of likely N-dealkylation sites (N-methyl/N-ethyl adjacent to an activating group) is 1. The predicted octanol–water partition coefficient (Wildman–Crippen LogP) is 3.86. The molecule has 0 fully saturated rings. The number of nitrogens with zero attached hydrogens (tertiary/aromatic N) is 1. The van der Waals surface area contributed by atoms with E-state index < -0.39 is 0 Å². The van der Waals surface area contributed by atoms with Gasteiger partial charge in [-0.25, -0.2) is 0 Å². The van der Waals surface area contributed by atoms with Crippen LogP contribution in [0.25, 0.3) is 0 Å². The third kappa shape index (κ3) is 4.25. The van der Waals surface area contributed by atoms with Gasteiger partial charge in [-0.15, -0.1) is 11.3 Å². The van der Waals surface area contributed by atoms with Gasteiger partial charge >= 0.3 is 0 Å².